The zero-order valence-electron chi connectivity index (χ0n) is 20.3. The lowest BCUT2D eigenvalue weighted by molar-refractivity contribution is -0.149. The van der Waals surface area contributed by atoms with Crippen molar-refractivity contribution in [2.45, 2.75) is 57.5 Å². The summed E-state index contributed by atoms with van der Waals surface area (Å²) in [5.74, 6) is -0.424. The standard InChI is InChI=1S/C23H28ClN4O8P/c1-13(2)34-23(31)14(3)27-37(32,36-15-7-5-4-6-8-15)33-11-17-18(29)19(30)22(35-17)28-10-9-16-20(24)25-12-26-21(16)28/h4-10,12-14,17-19,22,29-30H,11H2,1-3H3,(H,27,32)/t14-,17-,18-,19-,22?,37?/m1/s1. The third-order valence-corrected chi connectivity index (χ3v) is 7.45. The van der Waals surface area contributed by atoms with Gasteiger partial charge in [-0.25, -0.2) is 14.5 Å². The number of esters is 1. The first-order valence-corrected chi connectivity index (χ1v) is 13.5. The normalized spacial score (nSPS) is 24.2. The molecule has 37 heavy (non-hydrogen) atoms. The highest BCUT2D eigenvalue weighted by Gasteiger charge is 2.46. The van der Waals surface area contributed by atoms with Crippen LogP contribution in [-0.2, 0) is 23.4 Å². The first kappa shape index (κ1) is 27.5. The molecule has 0 radical (unpaired) electrons. The molecular weight excluding hydrogens is 527 g/mol. The molecule has 14 heteroatoms. The monoisotopic (exact) mass is 554 g/mol. The van der Waals surface area contributed by atoms with Gasteiger partial charge in [0.05, 0.1) is 18.1 Å². The lowest BCUT2D eigenvalue weighted by Crippen LogP contribution is -2.38. The van der Waals surface area contributed by atoms with E-state index in [-0.39, 0.29) is 17.0 Å². The molecule has 0 amide bonds. The van der Waals surface area contributed by atoms with Crippen LogP contribution in [0.3, 0.4) is 0 Å². The molecule has 0 bridgehead atoms. The molecule has 1 aromatic carbocycles. The number of fused-ring (bicyclic) bond motifs is 1. The minimum Gasteiger partial charge on any atom is -0.462 e. The van der Waals surface area contributed by atoms with Crippen LogP contribution >= 0.6 is 19.3 Å². The molecule has 3 N–H and O–H groups in total. The van der Waals surface area contributed by atoms with Crippen LogP contribution in [0, 0.1) is 0 Å². The molecule has 2 aromatic heterocycles. The Morgan fingerprint density at radius 3 is 2.62 bits per heavy atom. The molecule has 200 valence electrons. The summed E-state index contributed by atoms with van der Waals surface area (Å²) in [5.41, 5.74) is 0.398. The molecule has 6 atom stereocenters. The quantitative estimate of drug-likeness (QED) is 0.192. The Morgan fingerprint density at radius 1 is 1.19 bits per heavy atom. The highest BCUT2D eigenvalue weighted by Crippen LogP contribution is 2.46. The highest BCUT2D eigenvalue weighted by atomic mass is 35.5. The number of ether oxygens (including phenoxy) is 2. The van der Waals surface area contributed by atoms with Crippen LogP contribution in [-0.4, -0.2) is 67.8 Å². The number of hydrogen-bond donors (Lipinski definition) is 3. The number of benzene rings is 1. The number of aromatic nitrogens is 3. The minimum absolute atomic E-state index is 0.226. The second-order valence-corrected chi connectivity index (χ2v) is 10.8. The maximum Gasteiger partial charge on any atom is 0.459 e. The van der Waals surface area contributed by atoms with Gasteiger partial charge in [-0.15, -0.1) is 0 Å². The molecule has 1 aliphatic rings. The van der Waals surface area contributed by atoms with E-state index < -0.39 is 50.9 Å². The van der Waals surface area contributed by atoms with E-state index in [4.69, 9.17) is 30.1 Å². The summed E-state index contributed by atoms with van der Waals surface area (Å²) in [6.07, 6.45) is -2.39. The molecular formula is C23H28ClN4O8P. The average molecular weight is 555 g/mol. The SMILES string of the molecule is CC(C)OC(=O)[C@@H](C)NP(=O)(OC[C@H]1OC(n2ccc3c(Cl)ncnc32)[C@H](O)[C@@H]1O)Oc1ccccc1. The summed E-state index contributed by atoms with van der Waals surface area (Å²) in [6, 6.07) is 8.87. The first-order valence-electron chi connectivity index (χ1n) is 11.5. The van der Waals surface area contributed by atoms with Crippen molar-refractivity contribution in [3.05, 3.63) is 54.1 Å². The largest absolute Gasteiger partial charge is 0.462 e. The Morgan fingerprint density at radius 2 is 1.92 bits per heavy atom. The van der Waals surface area contributed by atoms with E-state index in [1.54, 1.807) is 56.4 Å². The molecule has 12 nitrogen and oxygen atoms in total. The number of halogens is 1. The summed E-state index contributed by atoms with van der Waals surface area (Å²) < 4.78 is 37.4. The molecule has 3 aromatic rings. The van der Waals surface area contributed by atoms with Crippen LogP contribution in [0.15, 0.2) is 48.9 Å². The number of para-hydroxylation sites is 1. The fraction of sp³-hybridized carbons (Fsp3) is 0.435. The Labute approximate surface area is 218 Å². The number of aliphatic hydroxyl groups is 2. The number of aliphatic hydroxyl groups excluding tert-OH is 2. The van der Waals surface area contributed by atoms with Crippen LogP contribution in [0.5, 0.6) is 5.75 Å². The summed E-state index contributed by atoms with van der Waals surface area (Å²) in [7, 11) is -4.19. The topological polar surface area (TPSA) is 154 Å². The van der Waals surface area contributed by atoms with Gasteiger partial charge in [-0.05, 0) is 39.0 Å². The van der Waals surface area contributed by atoms with Crippen molar-refractivity contribution in [2.75, 3.05) is 6.61 Å². The van der Waals surface area contributed by atoms with Gasteiger partial charge in [-0.3, -0.25) is 9.32 Å². The number of carbonyl (C=O) groups excluding carboxylic acids is 1. The van der Waals surface area contributed by atoms with Crippen molar-refractivity contribution < 1.29 is 38.1 Å². The van der Waals surface area contributed by atoms with Crippen molar-refractivity contribution in [1.82, 2.24) is 19.6 Å². The van der Waals surface area contributed by atoms with Gasteiger partial charge < -0.3 is 28.8 Å². The van der Waals surface area contributed by atoms with Gasteiger partial charge in [0.25, 0.3) is 0 Å². The predicted molar refractivity (Wildman–Crippen MR) is 133 cm³/mol. The molecule has 0 aliphatic carbocycles. The molecule has 0 saturated carbocycles. The Hall–Kier alpha value is -2.57. The van der Waals surface area contributed by atoms with Gasteiger partial charge in [0, 0.05) is 6.20 Å². The Kier molecular flexibility index (Phi) is 8.49. The summed E-state index contributed by atoms with van der Waals surface area (Å²) in [6.45, 7) is 4.40. The van der Waals surface area contributed by atoms with Crippen molar-refractivity contribution >= 4 is 36.4 Å². The van der Waals surface area contributed by atoms with Crippen LogP contribution in [0.1, 0.15) is 27.0 Å². The maximum atomic E-state index is 13.7. The zero-order valence-corrected chi connectivity index (χ0v) is 22.0. The fourth-order valence-electron chi connectivity index (χ4n) is 3.75. The highest BCUT2D eigenvalue weighted by molar-refractivity contribution is 7.52. The Balaban J connectivity index is 1.50. The van der Waals surface area contributed by atoms with Gasteiger partial charge in [-0.1, -0.05) is 29.8 Å². The predicted octanol–water partition coefficient (Wildman–Crippen LogP) is 2.84. The van der Waals surface area contributed by atoms with E-state index in [0.29, 0.717) is 11.0 Å². The smallest absolute Gasteiger partial charge is 0.459 e. The molecule has 4 rings (SSSR count). The zero-order chi connectivity index (χ0) is 26.7. The van der Waals surface area contributed by atoms with E-state index >= 15 is 0 Å². The van der Waals surface area contributed by atoms with Gasteiger partial charge in [-0.2, -0.15) is 5.09 Å². The van der Waals surface area contributed by atoms with Crippen molar-refractivity contribution in [3.8, 4) is 5.75 Å². The van der Waals surface area contributed by atoms with Crippen LogP contribution < -0.4 is 9.61 Å². The Bertz CT molecular complexity index is 1280. The van der Waals surface area contributed by atoms with E-state index in [1.807, 2.05) is 0 Å². The first-order chi connectivity index (χ1) is 17.6. The molecule has 2 unspecified atom stereocenters. The summed E-state index contributed by atoms with van der Waals surface area (Å²) in [4.78, 5) is 20.4. The van der Waals surface area contributed by atoms with Gasteiger partial charge >= 0.3 is 13.7 Å². The van der Waals surface area contributed by atoms with Gasteiger partial charge in [0.15, 0.2) is 6.23 Å². The third-order valence-electron chi connectivity index (χ3n) is 5.51. The molecule has 1 aliphatic heterocycles. The van der Waals surface area contributed by atoms with Crippen LogP contribution in [0.4, 0.5) is 0 Å². The molecule has 1 fully saturated rings. The lowest BCUT2D eigenvalue weighted by Gasteiger charge is -2.25. The van der Waals surface area contributed by atoms with E-state index in [9.17, 15) is 19.6 Å². The molecule has 3 heterocycles. The number of carbonyl (C=O) groups is 1. The second kappa shape index (κ2) is 11.4. The van der Waals surface area contributed by atoms with Crippen LogP contribution in [0.25, 0.3) is 11.0 Å². The number of hydrogen-bond acceptors (Lipinski definition) is 10. The van der Waals surface area contributed by atoms with Crippen molar-refractivity contribution in [2.24, 2.45) is 0 Å². The summed E-state index contributed by atoms with van der Waals surface area (Å²) >= 11 is 6.11. The van der Waals surface area contributed by atoms with E-state index in [1.165, 1.54) is 17.8 Å². The molecule has 0 spiro atoms. The van der Waals surface area contributed by atoms with Crippen molar-refractivity contribution in [3.63, 3.8) is 0 Å². The number of rotatable bonds is 10. The second-order valence-electron chi connectivity index (χ2n) is 8.71. The number of nitrogens with one attached hydrogen (secondary N) is 1. The lowest BCUT2D eigenvalue weighted by atomic mass is 10.1. The van der Waals surface area contributed by atoms with E-state index in [2.05, 4.69) is 15.1 Å². The van der Waals surface area contributed by atoms with E-state index in [0.717, 1.165) is 0 Å². The maximum absolute atomic E-state index is 13.7. The van der Waals surface area contributed by atoms with Crippen LogP contribution in [0.2, 0.25) is 5.15 Å². The van der Waals surface area contributed by atoms with Crippen molar-refractivity contribution in [1.29, 1.82) is 0 Å². The number of nitrogens with zero attached hydrogens (tertiary/aromatic N) is 3. The molecule has 1 saturated heterocycles. The third kappa shape index (κ3) is 6.29. The van der Waals surface area contributed by atoms with Gasteiger partial charge in [0.1, 0.15) is 47.2 Å². The average Bonchev–Trinajstić information content (AvgIpc) is 3.40. The van der Waals surface area contributed by atoms with Gasteiger partial charge in [0.2, 0.25) is 0 Å². The summed E-state index contributed by atoms with van der Waals surface area (Å²) in [5, 5.41) is 24.7. The minimum atomic E-state index is -4.19. The fourth-order valence-corrected chi connectivity index (χ4v) is 5.44.